The standard InChI is InChI=1S/C14H20N2O4/c1-10(19-2)9-20-14-7-11(8-15-12-4-5-12)3-6-13(14)16(17)18/h3,6-7,10,12,15H,4-5,8-9H2,1-2H3. The normalized spacial score (nSPS) is 15.9. The Kier molecular flexibility index (Phi) is 4.92. The van der Waals surface area contributed by atoms with Gasteiger partial charge in [-0.25, -0.2) is 0 Å². The first-order valence-corrected chi connectivity index (χ1v) is 6.76. The van der Waals surface area contributed by atoms with Crippen LogP contribution in [0.5, 0.6) is 5.75 Å². The van der Waals surface area contributed by atoms with Crippen LogP contribution < -0.4 is 10.1 Å². The SMILES string of the molecule is COC(C)COc1cc(CNC2CC2)ccc1[N+](=O)[O-]. The number of benzene rings is 1. The molecule has 1 fully saturated rings. The van der Waals surface area contributed by atoms with Crippen molar-refractivity contribution in [1.82, 2.24) is 5.32 Å². The monoisotopic (exact) mass is 280 g/mol. The fraction of sp³-hybridized carbons (Fsp3) is 0.571. The van der Waals surface area contributed by atoms with Crippen molar-refractivity contribution in [2.24, 2.45) is 0 Å². The van der Waals surface area contributed by atoms with Crippen LogP contribution in [0.2, 0.25) is 0 Å². The molecule has 0 spiro atoms. The third kappa shape index (κ3) is 4.18. The second kappa shape index (κ2) is 6.67. The van der Waals surface area contributed by atoms with Crippen molar-refractivity contribution in [3.8, 4) is 5.75 Å². The minimum absolute atomic E-state index is 0.0107. The van der Waals surface area contributed by atoms with Crippen LogP contribution in [0.4, 0.5) is 5.69 Å². The predicted octanol–water partition coefficient (Wildman–Crippen LogP) is 2.26. The molecule has 0 saturated heterocycles. The summed E-state index contributed by atoms with van der Waals surface area (Å²) in [6.45, 7) is 2.85. The van der Waals surface area contributed by atoms with Gasteiger partial charge in [0, 0.05) is 25.8 Å². The maximum Gasteiger partial charge on any atom is 0.310 e. The molecule has 6 heteroatoms. The zero-order valence-corrected chi connectivity index (χ0v) is 11.8. The molecule has 1 unspecified atom stereocenters. The Bertz CT molecular complexity index is 474. The van der Waals surface area contributed by atoms with Crippen molar-refractivity contribution in [3.63, 3.8) is 0 Å². The second-order valence-electron chi connectivity index (χ2n) is 5.07. The Morgan fingerprint density at radius 3 is 2.85 bits per heavy atom. The zero-order chi connectivity index (χ0) is 14.5. The van der Waals surface area contributed by atoms with Gasteiger partial charge in [0.25, 0.3) is 0 Å². The Hall–Kier alpha value is -1.66. The van der Waals surface area contributed by atoms with E-state index in [2.05, 4.69) is 5.32 Å². The molecule has 1 aromatic rings. The Labute approximate surface area is 118 Å². The van der Waals surface area contributed by atoms with Gasteiger partial charge in [0.2, 0.25) is 0 Å². The number of nitro benzene ring substituents is 1. The van der Waals surface area contributed by atoms with Crippen molar-refractivity contribution < 1.29 is 14.4 Å². The molecular formula is C14H20N2O4. The highest BCUT2D eigenvalue weighted by atomic mass is 16.6. The van der Waals surface area contributed by atoms with Crippen LogP contribution in [0, 0.1) is 10.1 Å². The molecule has 1 N–H and O–H groups in total. The van der Waals surface area contributed by atoms with Gasteiger partial charge >= 0.3 is 5.69 Å². The molecule has 0 aromatic heterocycles. The van der Waals surface area contributed by atoms with Crippen molar-refractivity contribution in [2.75, 3.05) is 13.7 Å². The molecule has 0 aliphatic heterocycles. The summed E-state index contributed by atoms with van der Waals surface area (Å²) in [5.74, 6) is 0.300. The van der Waals surface area contributed by atoms with Crippen molar-refractivity contribution in [2.45, 2.75) is 38.5 Å². The van der Waals surface area contributed by atoms with Crippen LogP contribution in [0.25, 0.3) is 0 Å². The molecule has 1 aromatic carbocycles. The van der Waals surface area contributed by atoms with Crippen LogP contribution >= 0.6 is 0 Å². The molecule has 2 rings (SSSR count). The van der Waals surface area contributed by atoms with Crippen LogP contribution in [-0.2, 0) is 11.3 Å². The van der Waals surface area contributed by atoms with E-state index in [-0.39, 0.29) is 18.4 Å². The number of hydrogen-bond donors (Lipinski definition) is 1. The van der Waals surface area contributed by atoms with Gasteiger partial charge in [0.05, 0.1) is 11.0 Å². The fourth-order valence-electron chi connectivity index (χ4n) is 1.76. The van der Waals surface area contributed by atoms with Crippen LogP contribution in [0.1, 0.15) is 25.3 Å². The average Bonchev–Trinajstić information content (AvgIpc) is 3.26. The summed E-state index contributed by atoms with van der Waals surface area (Å²) in [6, 6.07) is 5.59. The lowest BCUT2D eigenvalue weighted by molar-refractivity contribution is -0.385. The molecule has 0 bridgehead atoms. The van der Waals surface area contributed by atoms with Crippen LogP contribution in [0.15, 0.2) is 18.2 Å². The van der Waals surface area contributed by atoms with E-state index in [0.29, 0.717) is 18.3 Å². The number of nitrogens with zero attached hydrogens (tertiary/aromatic N) is 1. The summed E-state index contributed by atoms with van der Waals surface area (Å²) in [6.07, 6.45) is 2.31. The largest absolute Gasteiger partial charge is 0.484 e. The lowest BCUT2D eigenvalue weighted by atomic mass is 10.2. The Morgan fingerprint density at radius 2 is 2.25 bits per heavy atom. The lowest BCUT2D eigenvalue weighted by Crippen LogP contribution is -2.17. The maximum atomic E-state index is 11.0. The molecule has 110 valence electrons. The molecule has 0 heterocycles. The third-order valence-corrected chi connectivity index (χ3v) is 3.27. The average molecular weight is 280 g/mol. The van der Waals surface area contributed by atoms with Gasteiger partial charge in [-0.3, -0.25) is 10.1 Å². The van der Waals surface area contributed by atoms with Gasteiger partial charge in [-0.2, -0.15) is 0 Å². The topological polar surface area (TPSA) is 73.6 Å². The van der Waals surface area contributed by atoms with Crippen molar-refractivity contribution >= 4 is 5.69 Å². The van der Waals surface area contributed by atoms with E-state index in [0.717, 1.165) is 5.56 Å². The van der Waals surface area contributed by atoms with E-state index in [1.807, 2.05) is 6.92 Å². The Morgan fingerprint density at radius 1 is 1.50 bits per heavy atom. The Balaban J connectivity index is 2.06. The highest BCUT2D eigenvalue weighted by Crippen LogP contribution is 2.28. The second-order valence-corrected chi connectivity index (χ2v) is 5.07. The van der Waals surface area contributed by atoms with Gasteiger partial charge in [-0.05, 0) is 31.4 Å². The van der Waals surface area contributed by atoms with E-state index < -0.39 is 4.92 Å². The first-order chi connectivity index (χ1) is 9.60. The summed E-state index contributed by atoms with van der Waals surface area (Å²) in [5, 5.41) is 14.4. The summed E-state index contributed by atoms with van der Waals surface area (Å²) >= 11 is 0. The summed E-state index contributed by atoms with van der Waals surface area (Å²) < 4.78 is 10.6. The smallest absolute Gasteiger partial charge is 0.310 e. The summed E-state index contributed by atoms with van der Waals surface area (Å²) in [4.78, 5) is 10.6. The van der Waals surface area contributed by atoms with Crippen LogP contribution in [0.3, 0.4) is 0 Å². The fourth-order valence-corrected chi connectivity index (χ4v) is 1.76. The van der Waals surface area contributed by atoms with Gasteiger partial charge < -0.3 is 14.8 Å². The van der Waals surface area contributed by atoms with E-state index in [1.54, 1.807) is 19.2 Å². The number of methoxy groups -OCH3 is 1. The number of ether oxygens (including phenoxy) is 2. The van der Waals surface area contributed by atoms with Crippen molar-refractivity contribution in [3.05, 3.63) is 33.9 Å². The van der Waals surface area contributed by atoms with Crippen molar-refractivity contribution in [1.29, 1.82) is 0 Å². The minimum Gasteiger partial charge on any atom is -0.484 e. The first-order valence-electron chi connectivity index (χ1n) is 6.76. The van der Waals surface area contributed by atoms with Gasteiger partial charge in [0.15, 0.2) is 5.75 Å². The van der Waals surface area contributed by atoms with Crippen LogP contribution in [-0.4, -0.2) is 30.8 Å². The van der Waals surface area contributed by atoms with E-state index >= 15 is 0 Å². The minimum atomic E-state index is -0.426. The van der Waals surface area contributed by atoms with Gasteiger partial charge in [0.1, 0.15) is 6.61 Å². The van der Waals surface area contributed by atoms with Gasteiger partial charge in [-0.15, -0.1) is 0 Å². The highest BCUT2D eigenvalue weighted by molar-refractivity contribution is 5.48. The molecular weight excluding hydrogens is 260 g/mol. The molecule has 6 nitrogen and oxygen atoms in total. The number of hydrogen-bond acceptors (Lipinski definition) is 5. The number of nitrogens with one attached hydrogen (secondary N) is 1. The summed E-state index contributed by atoms with van der Waals surface area (Å²) in [7, 11) is 1.58. The van der Waals surface area contributed by atoms with Gasteiger partial charge in [-0.1, -0.05) is 6.07 Å². The number of nitro groups is 1. The van der Waals surface area contributed by atoms with E-state index in [4.69, 9.17) is 9.47 Å². The zero-order valence-electron chi connectivity index (χ0n) is 11.8. The first kappa shape index (κ1) is 14.7. The molecule has 1 saturated carbocycles. The van der Waals surface area contributed by atoms with E-state index in [1.165, 1.54) is 18.9 Å². The summed E-state index contributed by atoms with van der Waals surface area (Å²) in [5.41, 5.74) is 0.978. The molecule has 20 heavy (non-hydrogen) atoms. The number of rotatable bonds is 8. The molecule has 1 aliphatic carbocycles. The van der Waals surface area contributed by atoms with E-state index in [9.17, 15) is 10.1 Å². The highest BCUT2D eigenvalue weighted by Gasteiger charge is 2.21. The predicted molar refractivity (Wildman–Crippen MR) is 74.9 cm³/mol. The third-order valence-electron chi connectivity index (χ3n) is 3.27. The molecule has 0 amide bonds. The molecule has 1 atom stereocenters. The quantitative estimate of drug-likeness (QED) is 0.584. The lowest BCUT2D eigenvalue weighted by Gasteiger charge is -2.12. The maximum absolute atomic E-state index is 11.0. The molecule has 1 aliphatic rings. The molecule has 0 radical (unpaired) electrons.